The predicted octanol–water partition coefficient (Wildman–Crippen LogP) is 4.74. The van der Waals surface area contributed by atoms with Crippen LogP contribution >= 0.6 is 24.0 Å². The van der Waals surface area contributed by atoms with Crippen LogP contribution < -0.4 is 10.6 Å². The van der Waals surface area contributed by atoms with Crippen LogP contribution in [0.4, 0.5) is 5.69 Å². The largest absolute Gasteiger partial charge is 0.459 e. The summed E-state index contributed by atoms with van der Waals surface area (Å²) in [5.41, 5.74) is 2.06. The van der Waals surface area contributed by atoms with Crippen LogP contribution in [0.25, 0.3) is 0 Å². The second kappa shape index (κ2) is 9.19. The van der Waals surface area contributed by atoms with Crippen molar-refractivity contribution >= 4 is 41.5 Å². The molecule has 0 unspecified atom stereocenters. The number of hydrogen-bond acceptors (Lipinski definition) is 3. The lowest BCUT2D eigenvalue weighted by Crippen LogP contribution is -2.72. The third kappa shape index (κ3) is 4.94. The summed E-state index contributed by atoms with van der Waals surface area (Å²) in [7, 11) is 0. The number of rotatable bonds is 5. The number of nitrogens with one attached hydrogen (secondary N) is 2. The van der Waals surface area contributed by atoms with Gasteiger partial charge in [0.05, 0.1) is 12.8 Å². The van der Waals surface area contributed by atoms with Crippen molar-refractivity contribution in [3.8, 4) is 0 Å². The zero-order valence-electron chi connectivity index (χ0n) is 17.8. The summed E-state index contributed by atoms with van der Waals surface area (Å²) < 4.78 is 5.14. The number of guanidine groups is 1. The van der Waals surface area contributed by atoms with E-state index in [2.05, 4.69) is 50.2 Å². The lowest BCUT2D eigenvalue weighted by atomic mass is 9.65. The summed E-state index contributed by atoms with van der Waals surface area (Å²) in [4.78, 5) is 19.3. The van der Waals surface area contributed by atoms with Crippen molar-refractivity contribution in [2.45, 2.75) is 46.7 Å². The Morgan fingerprint density at radius 2 is 1.97 bits per heavy atom. The Kier molecular flexibility index (Phi) is 7.37. The fourth-order valence-electron chi connectivity index (χ4n) is 3.31. The minimum absolute atomic E-state index is 0. The Bertz CT molecular complexity index is 859. The highest BCUT2D eigenvalue weighted by molar-refractivity contribution is 14.0. The lowest BCUT2D eigenvalue weighted by Gasteiger charge is -2.62. The van der Waals surface area contributed by atoms with Crippen LogP contribution in [-0.2, 0) is 6.54 Å². The van der Waals surface area contributed by atoms with Crippen LogP contribution in [0.5, 0.6) is 0 Å². The van der Waals surface area contributed by atoms with Crippen molar-refractivity contribution in [1.82, 2.24) is 10.2 Å². The van der Waals surface area contributed by atoms with E-state index in [4.69, 9.17) is 9.41 Å². The molecule has 6 nitrogen and oxygen atoms in total. The number of amides is 1. The number of carbonyl (C=O) groups is 1. The van der Waals surface area contributed by atoms with E-state index in [0.717, 1.165) is 30.3 Å². The maximum Gasteiger partial charge on any atom is 0.291 e. The molecular weight excluding hydrogens is 479 g/mol. The van der Waals surface area contributed by atoms with E-state index >= 15 is 0 Å². The first-order chi connectivity index (χ1) is 13.2. The number of likely N-dealkylation sites (tertiary alicyclic amines) is 1. The van der Waals surface area contributed by atoms with Crippen molar-refractivity contribution < 1.29 is 9.21 Å². The molecule has 1 aromatic carbocycles. The molecule has 2 heterocycles. The smallest absolute Gasteiger partial charge is 0.291 e. The summed E-state index contributed by atoms with van der Waals surface area (Å²) in [6, 6.07) is 11.1. The normalized spacial score (nSPS) is 17.1. The van der Waals surface area contributed by atoms with E-state index in [1.807, 2.05) is 24.3 Å². The first-order valence-electron chi connectivity index (χ1n) is 9.74. The van der Waals surface area contributed by atoms with Gasteiger partial charge in [0, 0.05) is 29.7 Å². The fourth-order valence-corrected chi connectivity index (χ4v) is 3.31. The number of anilines is 1. The van der Waals surface area contributed by atoms with Crippen LogP contribution in [0.15, 0.2) is 52.1 Å². The molecule has 0 saturated carbocycles. The topological polar surface area (TPSA) is 69.9 Å². The molecule has 1 aliphatic heterocycles. The van der Waals surface area contributed by atoms with Crippen LogP contribution in [0.3, 0.4) is 0 Å². The molecule has 1 aromatic heterocycles. The summed E-state index contributed by atoms with van der Waals surface area (Å²) in [5, 5.41) is 6.27. The van der Waals surface area contributed by atoms with Gasteiger partial charge < -0.3 is 20.0 Å². The number of furan rings is 1. The molecule has 7 heteroatoms. The summed E-state index contributed by atoms with van der Waals surface area (Å²) >= 11 is 0. The maximum absolute atomic E-state index is 12.2. The number of carbonyl (C=O) groups excluding carboxylic acids is 1. The van der Waals surface area contributed by atoms with Crippen LogP contribution in [0.1, 0.15) is 50.7 Å². The molecule has 0 atom stereocenters. The number of hydrogen-bond donors (Lipinski definition) is 2. The number of nitrogens with zero attached hydrogens (tertiary/aromatic N) is 2. The van der Waals surface area contributed by atoms with E-state index in [0.29, 0.717) is 12.3 Å². The zero-order valence-corrected chi connectivity index (χ0v) is 20.1. The van der Waals surface area contributed by atoms with Crippen LogP contribution in [0.2, 0.25) is 0 Å². The van der Waals surface area contributed by atoms with Gasteiger partial charge in [-0.15, -0.1) is 24.0 Å². The van der Waals surface area contributed by atoms with Crippen LogP contribution in [0, 0.1) is 5.41 Å². The van der Waals surface area contributed by atoms with E-state index in [-0.39, 0.29) is 40.8 Å². The van der Waals surface area contributed by atoms with Gasteiger partial charge >= 0.3 is 0 Å². The van der Waals surface area contributed by atoms with Crippen molar-refractivity contribution in [2.75, 3.05) is 18.4 Å². The highest BCUT2D eigenvalue weighted by Gasteiger charge is 2.53. The molecule has 158 valence electrons. The quantitative estimate of drug-likeness (QED) is 0.347. The Labute approximate surface area is 190 Å². The fraction of sp³-hybridized carbons (Fsp3) is 0.455. The monoisotopic (exact) mass is 510 g/mol. The molecule has 0 bridgehead atoms. The molecule has 2 N–H and O–H groups in total. The van der Waals surface area contributed by atoms with Gasteiger partial charge in [-0.3, -0.25) is 4.79 Å². The summed E-state index contributed by atoms with van der Waals surface area (Å²) in [6.45, 7) is 13.5. The van der Waals surface area contributed by atoms with E-state index in [1.165, 1.54) is 6.26 Å². The Morgan fingerprint density at radius 1 is 1.21 bits per heavy atom. The third-order valence-electron chi connectivity index (χ3n) is 5.82. The van der Waals surface area contributed by atoms with Gasteiger partial charge in [-0.2, -0.15) is 0 Å². The minimum atomic E-state index is -0.261. The molecule has 1 amide bonds. The van der Waals surface area contributed by atoms with Gasteiger partial charge in [0.15, 0.2) is 11.7 Å². The van der Waals surface area contributed by atoms with Gasteiger partial charge in [-0.05, 0) is 50.6 Å². The second-order valence-corrected chi connectivity index (χ2v) is 8.33. The van der Waals surface area contributed by atoms with E-state index in [1.54, 1.807) is 12.1 Å². The standard InChI is InChI=1S/C22H30N4O2.HI/c1-6-23-20(26-15-21(2,3)22(26,4)5)24-14-16-9-7-10-17(13-16)25-19(27)18-11-8-12-28-18;/h7-13H,6,14-15H2,1-5H3,(H,23,24)(H,25,27);1H. The van der Waals surface area contributed by atoms with Gasteiger partial charge in [0.25, 0.3) is 5.91 Å². The Hall–Kier alpha value is -2.03. The van der Waals surface area contributed by atoms with Crippen molar-refractivity contribution in [3.63, 3.8) is 0 Å². The Morgan fingerprint density at radius 3 is 2.55 bits per heavy atom. The molecule has 3 rings (SSSR count). The molecule has 29 heavy (non-hydrogen) atoms. The third-order valence-corrected chi connectivity index (χ3v) is 5.82. The molecule has 0 spiro atoms. The van der Waals surface area contributed by atoms with E-state index in [9.17, 15) is 4.79 Å². The lowest BCUT2D eigenvalue weighted by molar-refractivity contribution is -0.0667. The summed E-state index contributed by atoms with van der Waals surface area (Å²) in [5.74, 6) is 0.959. The molecule has 0 radical (unpaired) electrons. The van der Waals surface area contributed by atoms with Gasteiger partial charge in [0.1, 0.15) is 0 Å². The Balaban J connectivity index is 0.00000300. The van der Waals surface area contributed by atoms with Crippen molar-refractivity contribution in [1.29, 1.82) is 0 Å². The number of benzene rings is 1. The number of aliphatic imine (C=N–C) groups is 1. The molecule has 1 aliphatic rings. The average Bonchev–Trinajstić information content (AvgIpc) is 3.19. The zero-order chi connectivity index (χ0) is 20.4. The molecule has 2 aromatic rings. The first-order valence-corrected chi connectivity index (χ1v) is 9.74. The summed E-state index contributed by atoms with van der Waals surface area (Å²) in [6.07, 6.45) is 1.49. The average molecular weight is 510 g/mol. The molecule has 1 fully saturated rings. The van der Waals surface area contributed by atoms with Crippen molar-refractivity contribution in [3.05, 3.63) is 54.0 Å². The van der Waals surface area contributed by atoms with Gasteiger partial charge in [-0.25, -0.2) is 4.99 Å². The maximum atomic E-state index is 12.2. The van der Waals surface area contributed by atoms with E-state index < -0.39 is 0 Å². The predicted molar refractivity (Wildman–Crippen MR) is 128 cm³/mol. The first kappa shape index (κ1) is 23.3. The minimum Gasteiger partial charge on any atom is -0.459 e. The highest BCUT2D eigenvalue weighted by atomic mass is 127. The highest BCUT2D eigenvalue weighted by Crippen LogP contribution is 2.46. The second-order valence-electron chi connectivity index (χ2n) is 8.33. The molecule has 1 saturated heterocycles. The SMILES string of the molecule is CCNC(=NCc1cccc(NC(=O)c2ccco2)c1)N1CC(C)(C)C1(C)C.I. The van der Waals surface area contributed by atoms with Crippen molar-refractivity contribution in [2.24, 2.45) is 10.4 Å². The molecular formula is C22H31IN4O2. The molecule has 0 aliphatic carbocycles. The van der Waals surface area contributed by atoms with Gasteiger partial charge in [0.2, 0.25) is 0 Å². The van der Waals surface area contributed by atoms with Gasteiger partial charge in [-0.1, -0.05) is 26.0 Å². The van der Waals surface area contributed by atoms with Crippen LogP contribution in [-0.4, -0.2) is 35.4 Å². The number of halogens is 1.